The number of rotatable bonds is 6. The number of ether oxygens (including phenoxy) is 2. The second-order valence-electron chi connectivity index (χ2n) is 5.47. The Hall–Kier alpha value is -3.15. The van der Waals surface area contributed by atoms with Crippen LogP contribution >= 0.6 is 0 Å². The zero-order chi connectivity index (χ0) is 17.8. The van der Waals surface area contributed by atoms with E-state index in [9.17, 15) is 9.59 Å². The van der Waals surface area contributed by atoms with Crippen LogP contribution in [0.15, 0.2) is 47.6 Å². The van der Waals surface area contributed by atoms with Crippen molar-refractivity contribution >= 4 is 18.0 Å². The first-order valence-electron chi connectivity index (χ1n) is 7.98. The van der Waals surface area contributed by atoms with Crippen LogP contribution < -0.4 is 9.47 Å². The van der Waals surface area contributed by atoms with E-state index in [1.165, 1.54) is 6.21 Å². The van der Waals surface area contributed by atoms with Gasteiger partial charge >= 0.3 is 0 Å². The fourth-order valence-electron chi connectivity index (χ4n) is 2.50. The lowest BCUT2D eigenvalue weighted by atomic mass is 10.1. The summed E-state index contributed by atoms with van der Waals surface area (Å²) in [5.74, 6) is 0.362. The quantitative estimate of drug-likeness (QED) is 0.599. The van der Waals surface area contributed by atoms with Crippen molar-refractivity contribution in [1.29, 1.82) is 0 Å². The highest BCUT2D eigenvalue weighted by molar-refractivity contribution is 6.21. The van der Waals surface area contributed by atoms with Gasteiger partial charge in [0.25, 0.3) is 11.8 Å². The van der Waals surface area contributed by atoms with Gasteiger partial charge in [-0.25, -0.2) is 0 Å². The van der Waals surface area contributed by atoms with Crippen LogP contribution in [0.4, 0.5) is 0 Å². The van der Waals surface area contributed by atoms with E-state index in [-0.39, 0.29) is 0 Å². The second kappa shape index (κ2) is 7.17. The predicted octanol–water partition coefficient (Wildman–Crippen LogP) is 3.11. The SMILES string of the molecule is CCCOc1ccc(/C=N\N2C(=O)c3ccccc3C2=O)cc1OC. The molecule has 6 heteroatoms. The topological polar surface area (TPSA) is 68.2 Å². The number of hydrogen-bond acceptors (Lipinski definition) is 5. The lowest BCUT2D eigenvalue weighted by Crippen LogP contribution is -2.23. The molecule has 0 N–H and O–H groups in total. The lowest BCUT2D eigenvalue weighted by molar-refractivity contribution is 0.0660. The number of hydrogen-bond donors (Lipinski definition) is 0. The molecule has 0 aliphatic carbocycles. The molecule has 1 aliphatic rings. The number of fused-ring (bicyclic) bond motifs is 1. The summed E-state index contributed by atoms with van der Waals surface area (Å²) >= 11 is 0. The zero-order valence-electron chi connectivity index (χ0n) is 14.1. The molecule has 0 saturated carbocycles. The van der Waals surface area contributed by atoms with Gasteiger partial charge in [-0.15, -0.1) is 0 Å². The molecular weight excluding hydrogens is 320 g/mol. The molecule has 2 amide bonds. The number of imide groups is 1. The third kappa shape index (κ3) is 3.24. The highest BCUT2D eigenvalue weighted by atomic mass is 16.5. The number of carbonyl (C=O) groups is 2. The fraction of sp³-hybridized carbons (Fsp3) is 0.211. The Kier molecular flexibility index (Phi) is 4.79. The Balaban J connectivity index is 1.81. The number of nitrogens with zero attached hydrogens (tertiary/aromatic N) is 2. The normalized spacial score (nSPS) is 13.4. The Morgan fingerprint density at radius 1 is 1.04 bits per heavy atom. The molecule has 0 fully saturated rings. The molecule has 0 saturated heterocycles. The van der Waals surface area contributed by atoms with Gasteiger partial charge in [0.05, 0.1) is 31.1 Å². The van der Waals surface area contributed by atoms with Crippen molar-refractivity contribution in [3.05, 3.63) is 59.2 Å². The Morgan fingerprint density at radius 3 is 2.32 bits per heavy atom. The van der Waals surface area contributed by atoms with Gasteiger partial charge < -0.3 is 9.47 Å². The molecule has 6 nitrogen and oxygen atoms in total. The molecule has 2 aromatic rings. The summed E-state index contributed by atoms with van der Waals surface area (Å²) in [5, 5.41) is 4.92. The van der Waals surface area contributed by atoms with Crippen molar-refractivity contribution in [1.82, 2.24) is 5.01 Å². The molecule has 1 heterocycles. The minimum Gasteiger partial charge on any atom is -0.493 e. The summed E-state index contributed by atoms with van der Waals surface area (Å²) in [4.78, 5) is 24.5. The van der Waals surface area contributed by atoms with Crippen LogP contribution in [0.5, 0.6) is 11.5 Å². The number of carbonyl (C=O) groups excluding carboxylic acids is 2. The Labute approximate surface area is 145 Å². The van der Waals surface area contributed by atoms with Crippen LogP contribution in [-0.2, 0) is 0 Å². The maximum Gasteiger partial charge on any atom is 0.282 e. The molecule has 0 unspecified atom stereocenters. The van der Waals surface area contributed by atoms with Gasteiger partial charge in [0.1, 0.15) is 0 Å². The van der Waals surface area contributed by atoms with E-state index in [2.05, 4.69) is 5.10 Å². The van der Waals surface area contributed by atoms with Gasteiger partial charge in [-0.2, -0.15) is 10.1 Å². The van der Waals surface area contributed by atoms with Crippen molar-refractivity contribution in [2.24, 2.45) is 5.10 Å². The molecule has 128 valence electrons. The van der Waals surface area contributed by atoms with E-state index < -0.39 is 11.8 Å². The fourth-order valence-corrected chi connectivity index (χ4v) is 2.50. The first-order valence-corrected chi connectivity index (χ1v) is 7.98. The van der Waals surface area contributed by atoms with Crippen molar-refractivity contribution in [2.45, 2.75) is 13.3 Å². The average molecular weight is 338 g/mol. The highest BCUT2D eigenvalue weighted by Crippen LogP contribution is 2.28. The minimum absolute atomic E-state index is 0.366. The third-order valence-corrected chi connectivity index (χ3v) is 3.74. The van der Waals surface area contributed by atoms with E-state index in [0.29, 0.717) is 34.8 Å². The monoisotopic (exact) mass is 338 g/mol. The summed E-state index contributed by atoms with van der Waals surface area (Å²) in [6.07, 6.45) is 2.35. The van der Waals surface area contributed by atoms with Gasteiger partial charge in [0.2, 0.25) is 0 Å². The molecular formula is C19H18N2O4. The molecule has 25 heavy (non-hydrogen) atoms. The molecule has 0 bridgehead atoms. The van der Waals surface area contributed by atoms with Crippen LogP contribution in [0.3, 0.4) is 0 Å². The zero-order valence-corrected chi connectivity index (χ0v) is 14.1. The van der Waals surface area contributed by atoms with E-state index in [4.69, 9.17) is 9.47 Å². The van der Waals surface area contributed by atoms with Crippen molar-refractivity contribution in [3.8, 4) is 11.5 Å². The van der Waals surface area contributed by atoms with Gasteiger partial charge in [-0.05, 0) is 42.3 Å². The maximum absolute atomic E-state index is 12.3. The smallest absolute Gasteiger partial charge is 0.282 e. The van der Waals surface area contributed by atoms with Gasteiger partial charge in [0.15, 0.2) is 11.5 Å². The number of benzene rings is 2. The van der Waals surface area contributed by atoms with Crippen molar-refractivity contribution in [2.75, 3.05) is 13.7 Å². The summed E-state index contributed by atoms with van der Waals surface area (Å²) in [6.45, 7) is 2.62. The Bertz CT molecular complexity index is 810. The van der Waals surface area contributed by atoms with Gasteiger partial charge in [0, 0.05) is 0 Å². The molecule has 0 atom stereocenters. The molecule has 2 aromatic carbocycles. The summed E-state index contributed by atoms with van der Waals surface area (Å²) < 4.78 is 10.9. The number of amides is 2. The Morgan fingerprint density at radius 2 is 1.72 bits per heavy atom. The number of hydrazone groups is 1. The maximum atomic E-state index is 12.3. The van der Waals surface area contributed by atoms with Crippen molar-refractivity contribution < 1.29 is 19.1 Å². The first kappa shape index (κ1) is 16.7. The van der Waals surface area contributed by atoms with Gasteiger partial charge in [-0.1, -0.05) is 19.1 Å². The molecule has 1 aliphatic heterocycles. The third-order valence-electron chi connectivity index (χ3n) is 3.74. The minimum atomic E-state index is -0.424. The van der Waals surface area contributed by atoms with Crippen LogP contribution in [-0.4, -0.2) is 36.8 Å². The first-order chi connectivity index (χ1) is 12.2. The van der Waals surface area contributed by atoms with Crippen molar-refractivity contribution in [3.63, 3.8) is 0 Å². The molecule has 0 aromatic heterocycles. The van der Waals surface area contributed by atoms with Crippen LogP contribution in [0.25, 0.3) is 0 Å². The average Bonchev–Trinajstić information content (AvgIpc) is 2.89. The van der Waals surface area contributed by atoms with E-state index in [1.54, 1.807) is 49.6 Å². The molecule has 3 rings (SSSR count). The standard InChI is InChI=1S/C19H18N2O4/c1-3-10-25-16-9-8-13(11-17(16)24-2)12-20-21-18(22)14-6-4-5-7-15(14)19(21)23/h4-9,11-12H,3,10H2,1-2H3/b20-12-. The van der Waals surface area contributed by atoms with Gasteiger partial charge in [-0.3, -0.25) is 9.59 Å². The summed E-state index contributed by atoms with van der Waals surface area (Å²) in [6, 6.07) is 12.0. The largest absolute Gasteiger partial charge is 0.493 e. The summed E-state index contributed by atoms with van der Waals surface area (Å²) in [5.41, 5.74) is 1.42. The van der Waals surface area contributed by atoms with Crippen LogP contribution in [0.1, 0.15) is 39.6 Å². The lowest BCUT2D eigenvalue weighted by Gasteiger charge is -2.10. The van der Waals surface area contributed by atoms with E-state index in [1.807, 2.05) is 6.92 Å². The summed E-state index contributed by atoms with van der Waals surface area (Å²) in [7, 11) is 1.55. The number of methoxy groups -OCH3 is 1. The van der Waals surface area contributed by atoms with E-state index in [0.717, 1.165) is 11.4 Å². The van der Waals surface area contributed by atoms with Crippen LogP contribution in [0.2, 0.25) is 0 Å². The molecule has 0 radical (unpaired) electrons. The second-order valence-corrected chi connectivity index (χ2v) is 5.47. The van der Waals surface area contributed by atoms with Crippen LogP contribution in [0, 0.1) is 0 Å². The van der Waals surface area contributed by atoms with E-state index >= 15 is 0 Å². The predicted molar refractivity (Wildman–Crippen MR) is 93.3 cm³/mol. The molecule has 0 spiro atoms. The highest BCUT2D eigenvalue weighted by Gasteiger charge is 2.35.